The highest BCUT2D eigenvalue weighted by molar-refractivity contribution is 7.90. The molecule has 0 aliphatic carbocycles. The van der Waals surface area contributed by atoms with Crippen molar-refractivity contribution in [3.8, 4) is 0 Å². The Hall–Kier alpha value is -1.96. The van der Waals surface area contributed by atoms with Crippen molar-refractivity contribution in [1.29, 1.82) is 0 Å². The van der Waals surface area contributed by atoms with Gasteiger partial charge in [-0.05, 0) is 6.07 Å². The second-order valence-electron chi connectivity index (χ2n) is 2.92. The van der Waals surface area contributed by atoms with E-state index in [1.54, 1.807) is 4.72 Å². The van der Waals surface area contributed by atoms with Crippen molar-refractivity contribution in [2.24, 2.45) is 0 Å². The Balaban J connectivity index is 0.00000137. The molecule has 1 amide bonds. The highest BCUT2D eigenvalue weighted by Gasteiger charge is 2.18. The van der Waals surface area contributed by atoms with Gasteiger partial charge in [0.1, 0.15) is 0 Å². The molecule has 1 aromatic rings. The largest absolute Gasteiger partial charge is 0.274 e. The van der Waals surface area contributed by atoms with Crippen LogP contribution in [0.4, 0.5) is 5.69 Å². The van der Waals surface area contributed by atoms with Gasteiger partial charge in [-0.2, -0.15) is 0 Å². The van der Waals surface area contributed by atoms with E-state index in [4.69, 9.17) is 0 Å². The van der Waals surface area contributed by atoms with Gasteiger partial charge in [0.2, 0.25) is 5.91 Å². The number of nitrogens with zero attached hydrogens (tertiary/aromatic N) is 1. The third-order valence-electron chi connectivity index (χ3n) is 1.62. The van der Waals surface area contributed by atoms with Crippen LogP contribution in [-0.4, -0.2) is 19.2 Å². The van der Waals surface area contributed by atoms with Crippen molar-refractivity contribution in [3.05, 3.63) is 34.4 Å². The topological polar surface area (TPSA) is 106 Å². The second-order valence-corrected chi connectivity index (χ2v) is 4.60. The Kier molecular flexibility index (Phi) is 5.97. The SMILES string of the molecule is CC.CC(=O)NS(=O)(=O)c1cccc([N+](=O)[O-])c1. The average molecular weight is 274 g/mol. The number of nitro benzene ring substituents is 1. The lowest BCUT2D eigenvalue weighted by molar-refractivity contribution is -0.385. The summed E-state index contributed by atoms with van der Waals surface area (Å²) >= 11 is 0. The minimum atomic E-state index is -4.02. The summed E-state index contributed by atoms with van der Waals surface area (Å²) in [7, 11) is -4.02. The van der Waals surface area contributed by atoms with Crippen LogP contribution in [-0.2, 0) is 14.8 Å². The zero-order valence-electron chi connectivity index (χ0n) is 10.2. The number of carbonyl (C=O) groups is 1. The van der Waals surface area contributed by atoms with Crippen LogP contribution in [0.3, 0.4) is 0 Å². The minimum Gasteiger partial charge on any atom is -0.274 e. The molecule has 1 rings (SSSR count). The number of carbonyl (C=O) groups excluding carboxylic acids is 1. The minimum absolute atomic E-state index is 0.322. The fourth-order valence-corrected chi connectivity index (χ4v) is 2.04. The maximum atomic E-state index is 11.5. The van der Waals surface area contributed by atoms with E-state index < -0.39 is 20.9 Å². The van der Waals surface area contributed by atoms with Crippen LogP contribution >= 0.6 is 0 Å². The third-order valence-corrected chi connectivity index (χ3v) is 3.05. The van der Waals surface area contributed by atoms with Gasteiger partial charge < -0.3 is 0 Å². The fraction of sp³-hybridized carbons (Fsp3) is 0.300. The van der Waals surface area contributed by atoms with Crippen molar-refractivity contribution in [1.82, 2.24) is 4.72 Å². The molecule has 8 heteroatoms. The van der Waals surface area contributed by atoms with Gasteiger partial charge in [0, 0.05) is 19.1 Å². The molecule has 7 nitrogen and oxygen atoms in total. The van der Waals surface area contributed by atoms with Crippen LogP contribution in [0.2, 0.25) is 0 Å². The van der Waals surface area contributed by atoms with Crippen LogP contribution in [0.1, 0.15) is 20.8 Å². The van der Waals surface area contributed by atoms with E-state index in [1.807, 2.05) is 13.8 Å². The predicted octanol–water partition coefficient (Wildman–Crippen LogP) is 1.45. The highest BCUT2D eigenvalue weighted by atomic mass is 32.2. The van der Waals surface area contributed by atoms with Gasteiger partial charge in [-0.1, -0.05) is 19.9 Å². The summed E-state index contributed by atoms with van der Waals surface area (Å²) < 4.78 is 24.6. The Labute approximate surface area is 105 Å². The van der Waals surface area contributed by atoms with E-state index in [2.05, 4.69) is 0 Å². The number of rotatable bonds is 3. The zero-order valence-corrected chi connectivity index (χ0v) is 11.0. The maximum Gasteiger partial charge on any atom is 0.270 e. The van der Waals surface area contributed by atoms with Crippen molar-refractivity contribution >= 4 is 21.6 Å². The molecule has 0 unspecified atom stereocenters. The molecule has 0 saturated carbocycles. The summed E-state index contributed by atoms with van der Waals surface area (Å²) in [6.07, 6.45) is 0. The van der Waals surface area contributed by atoms with Crippen molar-refractivity contribution in [3.63, 3.8) is 0 Å². The number of non-ortho nitro benzene ring substituents is 1. The number of amides is 1. The van der Waals surface area contributed by atoms with E-state index in [1.165, 1.54) is 6.07 Å². The molecule has 0 saturated heterocycles. The number of hydrogen-bond acceptors (Lipinski definition) is 5. The summed E-state index contributed by atoms with van der Waals surface area (Å²) in [4.78, 5) is 20.0. The molecule has 0 atom stereocenters. The molecule has 0 aliphatic rings. The van der Waals surface area contributed by atoms with Gasteiger partial charge in [0.25, 0.3) is 15.7 Å². The number of hydrogen-bond donors (Lipinski definition) is 1. The van der Waals surface area contributed by atoms with Gasteiger partial charge in [0.05, 0.1) is 9.82 Å². The van der Waals surface area contributed by atoms with E-state index in [9.17, 15) is 23.3 Å². The molecule has 1 aromatic carbocycles. The quantitative estimate of drug-likeness (QED) is 0.663. The van der Waals surface area contributed by atoms with Crippen LogP contribution in [0.25, 0.3) is 0 Å². The monoisotopic (exact) mass is 274 g/mol. The number of nitro groups is 1. The zero-order chi connectivity index (χ0) is 14.3. The first-order chi connectivity index (χ1) is 8.33. The van der Waals surface area contributed by atoms with Gasteiger partial charge in [-0.3, -0.25) is 14.9 Å². The van der Waals surface area contributed by atoms with E-state index in [-0.39, 0.29) is 10.6 Å². The molecule has 0 fully saturated rings. The summed E-state index contributed by atoms with van der Waals surface area (Å²) in [5.74, 6) is -0.758. The molecule has 0 heterocycles. The molecule has 0 bridgehead atoms. The fourth-order valence-electron chi connectivity index (χ4n) is 1.01. The van der Waals surface area contributed by atoms with E-state index in [0.717, 1.165) is 25.1 Å². The second kappa shape index (κ2) is 6.70. The van der Waals surface area contributed by atoms with Crippen molar-refractivity contribution in [2.75, 3.05) is 0 Å². The van der Waals surface area contributed by atoms with E-state index >= 15 is 0 Å². The van der Waals surface area contributed by atoms with Crippen molar-refractivity contribution < 1.29 is 18.1 Å². The Morgan fingerprint density at radius 2 is 1.89 bits per heavy atom. The Morgan fingerprint density at radius 1 is 1.33 bits per heavy atom. The van der Waals surface area contributed by atoms with Crippen LogP contribution in [0.15, 0.2) is 29.2 Å². The van der Waals surface area contributed by atoms with Gasteiger partial charge in [-0.25, -0.2) is 13.1 Å². The summed E-state index contributed by atoms with van der Waals surface area (Å²) in [6.45, 7) is 5.04. The standard InChI is InChI=1S/C8H8N2O5S.C2H6/c1-6(11)9-16(14,15)8-4-2-3-7(5-8)10(12)13;1-2/h2-5H,1H3,(H,9,11);1-2H3. The van der Waals surface area contributed by atoms with Crippen molar-refractivity contribution in [2.45, 2.75) is 25.7 Å². The molecular formula is C10H14N2O5S. The first-order valence-electron chi connectivity index (χ1n) is 5.11. The molecule has 18 heavy (non-hydrogen) atoms. The third kappa shape index (κ3) is 4.50. The summed E-state index contributed by atoms with van der Waals surface area (Å²) in [5.41, 5.74) is -0.355. The molecule has 0 radical (unpaired) electrons. The van der Waals surface area contributed by atoms with Gasteiger partial charge in [0.15, 0.2) is 0 Å². The van der Waals surface area contributed by atoms with Crippen LogP contribution in [0.5, 0.6) is 0 Å². The average Bonchev–Trinajstić information content (AvgIpc) is 2.30. The Bertz CT molecular complexity index is 539. The normalized spacial score (nSPS) is 9.94. The van der Waals surface area contributed by atoms with E-state index in [0.29, 0.717) is 0 Å². The smallest absolute Gasteiger partial charge is 0.270 e. The number of sulfonamides is 1. The Morgan fingerprint density at radius 3 is 2.33 bits per heavy atom. The summed E-state index contributed by atoms with van der Waals surface area (Å²) in [5, 5.41) is 10.4. The maximum absolute atomic E-state index is 11.5. The lowest BCUT2D eigenvalue weighted by Crippen LogP contribution is -2.28. The molecule has 0 spiro atoms. The lowest BCUT2D eigenvalue weighted by atomic mass is 10.3. The first kappa shape index (κ1) is 16.0. The molecule has 0 aliphatic heterocycles. The number of benzene rings is 1. The highest BCUT2D eigenvalue weighted by Crippen LogP contribution is 2.16. The van der Waals surface area contributed by atoms with Gasteiger partial charge in [-0.15, -0.1) is 0 Å². The van der Waals surface area contributed by atoms with Crippen LogP contribution < -0.4 is 4.72 Å². The first-order valence-corrected chi connectivity index (χ1v) is 6.59. The van der Waals surface area contributed by atoms with Crippen LogP contribution in [0, 0.1) is 10.1 Å². The molecule has 100 valence electrons. The lowest BCUT2D eigenvalue weighted by Gasteiger charge is -2.03. The number of nitrogens with one attached hydrogen (secondary N) is 1. The van der Waals surface area contributed by atoms with Gasteiger partial charge >= 0.3 is 0 Å². The molecule has 0 aromatic heterocycles. The molecule has 1 N–H and O–H groups in total. The molecular weight excluding hydrogens is 260 g/mol. The summed E-state index contributed by atoms with van der Waals surface area (Å²) in [6, 6.07) is 4.43. The predicted molar refractivity (Wildman–Crippen MR) is 65.4 cm³/mol.